The number of hydrogen-bond donors (Lipinski definition) is 2. The van der Waals surface area contributed by atoms with Crippen molar-refractivity contribution in [2.24, 2.45) is 5.92 Å². The van der Waals surface area contributed by atoms with E-state index in [1.54, 1.807) is 0 Å². The number of anilines is 2. The Labute approximate surface area is 149 Å². The van der Waals surface area contributed by atoms with Gasteiger partial charge in [0.25, 0.3) is 0 Å². The Bertz CT molecular complexity index is 697. The molecule has 0 fully saturated rings. The highest BCUT2D eigenvalue weighted by molar-refractivity contribution is 5.94. The van der Waals surface area contributed by atoms with Crippen molar-refractivity contribution in [2.75, 3.05) is 30.9 Å². The van der Waals surface area contributed by atoms with Gasteiger partial charge in [0, 0.05) is 31.4 Å². The van der Waals surface area contributed by atoms with Gasteiger partial charge in [-0.15, -0.1) is 0 Å². The van der Waals surface area contributed by atoms with Crippen LogP contribution in [0.2, 0.25) is 0 Å². The van der Waals surface area contributed by atoms with Crippen LogP contribution in [0, 0.1) is 5.92 Å². The van der Waals surface area contributed by atoms with Crippen LogP contribution in [0.1, 0.15) is 12.5 Å². The topological polar surface area (TPSA) is 61.4 Å². The quantitative estimate of drug-likeness (QED) is 0.815. The van der Waals surface area contributed by atoms with Gasteiger partial charge >= 0.3 is 0 Å². The number of amides is 2. The molecule has 2 N–H and O–H groups in total. The van der Waals surface area contributed by atoms with Gasteiger partial charge in [-0.3, -0.25) is 9.59 Å². The highest BCUT2D eigenvalue weighted by Crippen LogP contribution is 2.15. The van der Waals surface area contributed by atoms with Crippen LogP contribution >= 0.6 is 0 Å². The Kier molecular flexibility index (Phi) is 6.57. The van der Waals surface area contributed by atoms with Crippen LogP contribution in [0.3, 0.4) is 0 Å². The molecule has 0 heterocycles. The fourth-order valence-electron chi connectivity index (χ4n) is 2.45. The first-order chi connectivity index (χ1) is 12.0. The molecule has 0 spiro atoms. The third-order valence-electron chi connectivity index (χ3n) is 3.92. The smallest absolute Gasteiger partial charge is 0.243 e. The molecule has 132 valence electrons. The van der Waals surface area contributed by atoms with E-state index in [9.17, 15) is 9.59 Å². The van der Waals surface area contributed by atoms with Gasteiger partial charge in [0.2, 0.25) is 11.8 Å². The van der Waals surface area contributed by atoms with Gasteiger partial charge < -0.3 is 15.5 Å². The molecule has 0 aliphatic carbocycles. The van der Waals surface area contributed by atoms with Crippen molar-refractivity contribution in [3.8, 4) is 0 Å². The Hall–Kier alpha value is -2.82. The summed E-state index contributed by atoms with van der Waals surface area (Å²) in [5, 5.41) is 5.47. The summed E-state index contributed by atoms with van der Waals surface area (Å²) in [6.45, 7) is 1.83. The van der Waals surface area contributed by atoms with Gasteiger partial charge in [-0.2, -0.15) is 0 Å². The standard InChI is InChI=1S/C20H25N3O2/c1-15(13-16-7-5-4-6-8-16)20(25)21-14-19(24)22-17-9-11-18(12-10-17)23(2)3/h4-12,15H,13-14H2,1-3H3,(H,21,25)(H,22,24). The van der Waals surface area contributed by atoms with Gasteiger partial charge in [-0.1, -0.05) is 37.3 Å². The fourth-order valence-corrected chi connectivity index (χ4v) is 2.45. The van der Waals surface area contributed by atoms with Crippen molar-refractivity contribution >= 4 is 23.2 Å². The molecule has 0 aliphatic rings. The SMILES string of the molecule is CC(Cc1ccccc1)C(=O)NCC(=O)Nc1ccc(N(C)C)cc1. The zero-order valence-corrected chi connectivity index (χ0v) is 15.0. The summed E-state index contributed by atoms with van der Waals surface area (Å²) in [5.74, 6) is -0.547. The molecule has 5 nitrogen and oxygen atoms in total. The second kappa shape index (κ2) is 8.87. The average Bonchev–Trinajstić information content (AvgIpc) is 2.61. The van der Waals surface area contributed by atoms with Crippen LogP contribution in [0.15, 0.2) is 54.6 Å². The number of nitrogens with zero attached hydrogens (tertiary/aromatic N) is 1. The number of nitrogens with one attached hydrogen (secondary N) is 2. The van der Waals surface area contributed by atoms with E-state index in [-0.39, 0.29) is 24.3 Å². The van der Waals surface area contributed by atoms with Gasteiger partial charge in [0.05, 0.1) is 6.54 Å². The predicted octanol–water partition coefficient (Wildman–Crippen LogP) is 2.69. The van der Waals surface area contributed by atoms with E-state index in [1.165, 1.54) is 0 Å². The lowest BCUT2D eigenvalue weighted by Gasteiger charge is -2.14. The summed E-state index contributed by atoms with van der Waals surface area (Å²) in [6, 6.07) is 17.4. The number of rotatable bonds is 7. The lowest BCUT2D eigenvalue weighted by molar-refractivity contribution is -0.126. The molecule has 0 bridgehead atoms. The molecule has 0 saturated heterocycles. The maximum absolute atomic E-state index is 12.1. The first kappa shape index (κ1) is 18.5. The van der Waals surface area contributed by atoms with Crippen LogP contribution in [0.5, 0.6) is 0 Å². The maximum atomic E-state index is 12.1. The van der Waals surface area contributed by atoms with Crippen LogP contribution in [-0.2, 0) is 16.0 Å². The number of carbonyl (C=O) groups is 2. The molecule has 0 radical (unpaired) electrons. The zero-order valence-electron chi connectivity index (χ0n) is 15.0. The van der Waals surface area contributed by atoms with Crippen LogP contribution in [0.25, 0.3) is 0 Å². The minimum absolute atomic E-state index is 0.0343. The molecule has 0 aromatic heterocycles. The first-order valence-corrected chi connectivity index (χ1v) is 8.34. The number of benzene rings is 2. The number of hydrogen-bond acceptors (Lipinski definition) is 3. The largest absolute Gasteiger partial charge is 0.378 e. The summed E-state index contributed by atoms with van der Waals surface area (Å²) in [6.07, 6.45) is 0.653. The second-order valence-corrected chi connectivity index (χ2v) is 6.30. The van der Waals surface area contributed by atoms with E-state index in [0.717, 1.165) is 11.3 Å². The second-order valence-electron chi connectivity index (χ2n) is 6.30. The molecule has 1 atom stereocenters. The van der Waals surface area contributed by atoms with E-state index in [1.807, 2.05) is 80.5 Å². The zero-order chi connectivity index (χ0) is 18.2. The van der Waals surface area contributed by atoms with E-state index >= 15 is 0 Å². The van der Waals surface area contributed by atoms with Gasteiger partial charge in [-0.05, 0) is 36.2 Å². The minimum atomic E-state index is -0.238. The normalized spacial score (nSPS) is 11.5. The van der Waals surface area contributed by atoms with E-state index in [0.29, 0.717) is 12.1 Å². The molecule has 2 aromatic carbocycles. The van der Waals surface area contributed by atoms with Gasteiger partial charge in [-0.25, -0.2) is 0 Å². The van der Waals surface area contributed by atoms with Crippen molar-refractivity contribution in [3.63, 3.8) is 0 Å². The van der Waals surface area contributed by atoms with Gasteiger partial charge in [0.15, 0.2) is 0 Å². The van der Waals surface area contributed by atoms with E-state index < -0.39 is 0 Å². The molecular formula is C20H25N3O2. The highest BCUT2D eigenvalue weighted by Gasteiger charge is 2.14. The monoisotopic (exact) mass is 339 g/mol. The molecule has 25 heavy (non-hydrogen) atoms. The first-order valence-electron chi connectivity index (χ1n) is 8.34. The Morgan fingerprint density at radius 1 is 1.00 bits per heavy atom. The Balaban J connectivity index is 1.77. The molecule has 0 saturated carbocycles. The molecule has 0 aliphatic heterocycles. The molecular weight excluding hydrogens is 314 g/mol. The molecule has 2 aromatic rings. The summed E-state index contributed by atoms with van der Waals surface area (Å²) in [7, 11) is 3.92. The van der Waals surface area contributed by atoms with Crippen molar-refractivity contribution < 1.29 is 9.59 Å². The summed E-state index contributed by atoms with van der Waals surface area (Å²) < 4.78 is 0. The number of carbonyl (C=O) groups excluding carboxylic acids is 2. The van der Waals surface area contributed by atoms with Crippen LogP contribution in [-0.4, -0.2) is 32.5 Å². The van der Waals surface area contributed by atoms with Crippen molar-refractivity contribution in [3.05, 3.63) is 60.2 Å². The maximum Gasteiger partial charge on any atom is 0.243 e. The van der Waals surface area contributed by atoms with Gasteiger partial charge in [0.1, 0.15) is 0 Å². The third kappa shape index (κ3) is 5.95. The summed E-state index contributed by atoms with van der Waals surface area (Å²) in [5.41, 5.74) is 2.87. The molecule has 5 heteroatoms. The van der Waals surface area contributed by atoms with Crippen molar-refractivity contribution in [1.29, 1.82) is 0 Å². The lowest BCUT2D eigenvalue weighted by Crippen LogP contribution is -2.36. The Morgan fingerprint density at radius 3 is 2.24 bits per heavy atom. The molecule has 1 unspecified atom stereocenters. The highest BCUT2D eigenvalue weighted by atomic mass is 16.2. The van der Waals surface area contributed by atoms with Crippen LogP contribution < -0.4 is 15.5 Å². The third-order valence-corrected chi connectivity index (χ3v) is 3.92. The molecule has 2 rings (SSSR count). The minimum Gasteiger partial charge on any atom is -0.378 e. The van der Waals surface area contributed by atoms with E-state index in [2.05, 4.69) is 10.6 Å². The predicted molar refractivity (Wildman–Crippen MR) is 102 cm³/mol. The lowest BCUT2D eigenvalue weighted by atomic mass is 10.0. The summed E-state index contributed by atoms with van der Waals surface area (Å²) in [4.78, 5) is 26.1. The van der Waals surface area contributed by atoms with Crippen LogP contribution in [0.4, 0.5) is 11.4 Å². The molecule has 2 amide bonds. The Morgan fingerprint density at radius 2 is 1.64 bits per heavy atom. The van der Waals surface area contributed by atoms with E-state index in [4.69, 9.17) is 0 Å². The fraction of sp³-hybridized carbons (Fsp3) is 0.300. The average molecular weight is 339 g/mol. The summed E-state index contributed by atoms with van der Waals surface area (Å²) >= 11 is 0. The van der Waals surface area contributed by atoms with Crippen molar-refractivity contribution in [2.45, 2.75) is 13.3 Å². The van der Waals surface area contributed by atoms with Crippen molar-refractivity contribution in [1.82, 2.24) is 5.32 Å².